The third kappa shape index (κ3) is 12.3. The predicted octanol–water partition coefficient (Wildman–Crippen LogP) is 39.5. The van der Waals surface area contributed by atoms with Crippen LogP contribution in [0.15, 0.2) is 546 Å². The van der Waals surface area contributed by atoms with Crippen LogP contribution in [0.1, 0.15) is 44.5 Å². The lowest BCUT2D eigenvalue weighted by molar-refractivity contribution is 0.794. The van der Waals surface area contributed by atoms with Crippen LogP contribution in [0.25, 0.3) is 218 Å². The monoisotopic (exact) mass is 1870 g/mol. The molecule has 4 aliphatic rings. The Morgan fingerprint density at radius 3 is 0.764 bits per heavy atom. The highest BCUT2D eigenvalue weighted by Crippen LogP contribution is 2.68. The van der Waals surface area contributed by atoms with Crippen molar-refractivity contribution in [2.24, 2.45) is 0 Å². The van der Waals surface area contributed by atoms with Gasteiger partial charge in [0, 0.05) is 33.6 Å². The molecule has 0 aliphatic heterocycles. The first kappa shape index (κ1) is 83.5. The molecule has 4 aliphatic carbocycles. The van der Waals surface area contributed by atoms with E-state index in [1.165, 1.54) is 252 Å². The molecule has 28 aromatic rings. The molecule has 0 N–H and O–H groups in total. The molecule has 684 valence electrons. The zero-order valence-electron chi connectivity index (χ0n) is 80.9. The van der Waals surface area contributed by atoms with Gasteiger partial charge in [0.2, 0.25) is 0 Å². The Hall–Kier alpha value is -19.1. The summed E-state index contributed by atoms with van der Waals surface area (Å²) in [4.78, 5) is 5.13. The minimum Gasteiger partial charge on any atom is -0.310 e. The van der Waals surface area contributed by atoms with Crippen molar-refractivity contribution in [1.29, 1.82) is 0 Å². The Morgan fingerprint density at radius 1 is 0.108 bits per heavy atom. The zero-order valence-corrected chi connectivity index (χ0v) is 80.9. The molecular formula is C146H90N2. The van der Waals surface area contributed by atoms with E-state index < -0.39 is 10.8 Å². The Labute approximate surface area is 857 Å². The highest BCUT2D eigenvalue weighted by atomic mass is 15.2. The maximum atomic E-state index is 2.58. The molecule has 0 heterocycles. The van der Waals surface area contributed by atoms with Gasteiger partial charge in [0.25, 0.3) is 0 Å². The van der Waals surface area contributed by atoms with E-state index in [1.54, 1.807) is 0 Å². The van der Waals surface area contributed by atoms with Gasteiger partial charge in [-0.25, -0.2) is 0 Å². The maximum absolute atomic E-state index is 2.58. The van der Waals surface area contributed by atoms with Crippen LogP contribution in [0.2, 0.25) is 0 Å². The van der Waals surface area contributed by atoms with E-state index >= 15 is 0 Å². The van der Waals surface area contributed by atoms with E-state index in [-0.39, 0.29) is 0 Å². The van der Waals surface area contributed by atoms with Crippen LogP contribution in [0.4, 0.5) is 34.1 Å². The second-order valence-corrected chi connectivity index (χ2v) is 40.5. The van der Waals surface area contributed by atoms with E-state index in [0.717, 1.165) is 45.3 Å². The fourth-order valence-corrected chi connectivity index (χ4v) is 26.8. The molecule has 28 aromatic carbocycles. The van der Waals surface area contributed by atoms with E-state index in [4.69, 9.17) is 0 Å². The Balaban J connectivity index is 0.000000134. The predicted molar refractivity (Wildman–Crippen MR) is 627 cm³/mol. The Bertz CT molecular complexity index is 10400. The first-order chi connectivity index (χ1) is 73.4. The lowest BCUT2D eigenvalue weighted by Gasteiger charge is -2.34. The standard InChI is InChI=1S/2C73H45N/c1-3-19-53-48(17-1)36-37-49-38-39-51(42-63(49)53)46-32-34-50(35-33-46)64-44-66-62-27-11-14-30-69(62)73(67-28-12-9-25-60(67)61-26-10-13-29-68(61)73)70(66)45-72(64)74(71-31-15-18-47-16-2-4-20-54(47)71)52-40-41-59-57-23-6-5-21-55(57)56-22-7-8-24-58(56)65(59)43-52;1-2-17-51-41-53(38-37-46(51)15-1)74(54-39-40-60-58-21-6-5-19-56(58)57-20-7-8-22-59(57)66(60)43-54)72-45-71-67(63-25-11-14-28-70(63)73(71)68-26-12-9-23-61(68)62-24-10-13-27-69(62)73)44-65(72)50-31-29-47(30-32-50)52-36-35-49-34-33-48-16-3-4-18-55(48)64(49)42-52/h2*1-45H. The van der Waals surface area contributed by atoms with Gasteiger partial charge in [-0.1, -0.05) is 467 Å². The van der Waals surface area contributed by atoms with Crippen LogP contribution >= 0.6 is 0 Å². The van der Waals surface area contributed by atoms with Crippen LogP contribution < -0.4 is 9.80 Å². The van der Waals surface area contributed by atoms with Gasteiger partial charge in [0.1, 0.15) is 0 Å². The zero-order chi connectivity index (χ0) is 97.0. The van der Waals surface area contributed by atoms with E-state index in [9.17, 15) is 0 Å². The maximum Gasteiger partial charge on any atom is 0.0726 e. The molecule has 0 atom stereocenters. The average molecular weight is 1870 g/mol. The number of hydrogen-bond acceptors (Lipinski definition) is 2. The number of nitrogens with zero attached hydrogens (tertiary/aromatic N) is 2. The van der Waals surface area contributed by atoms with Crippen molar-refractivity contribution in [3.8, 4) is 89.0 Å². The van der Waals surface area contributed by atoms with E-state index in [0.29, 0.717) is 0 Å². The van der Waals surface area contributed by atoms with Crippen molar-refractivity contribution < 1.29 is 0 Å². The van der Waals surface area contributed by atoms with Crippen molar-refractivity contribution in [3.05, 3.63) is 590 Å². The highest BCUT2D eigenvalue weighted by molar-refractivity contribution is 6.28. The molecule has 0 saturated carbocycles. The smallest absolute Gasteiger partial charge is 0.0726 e. The molecule has 0 fully saturated rings. The van der Waals surface area contributed by atoms with Crippen molar-refractivity contribution in [2.45, 2.75) is 10.8 Å². The summed E-state index contributed by atoms with van der Waals surface area (Å²) in [7, 11) is 0. The Kier molecular flexibility index (Phi) is 18.5. The molecule has 0 unspecified atom stereocenters. The first-order valence-corrected chi connectivity index (χ1v) is 51.6. The van der Waals surface area contributed by atoms with Gasteiger partial charge in [0.05, 0.1) is 27.9 Å². The number of anilines is 6. The van der Waals surface area contributed by atoms with Crippen LogP contribution in [0.5, 0.6) is 0 Å². The summed E-state index contributed by atoms with van der Waals surface area (Å²) in [5.74, 6) is 0. The van der Waals surface area contributed by atoms with Gasteiger partial charge in [-0.2, -0.15) is 0 Å². The van der Waals surface area contributed by atoms with Gasteiger partial charge in [-0.05, 0) is 325 Å². The second-order valence-electron chi connectivity index (χ2n) is 40.5. The normalized spacial score (nSPS) is 13.0. The number of benzene rings is 28. The lowest BCUT2D eigenvalue weighted by Crippen LogP contribution is -2.26. The minimum atomic E-state index is -0.528. The summed E-state index contributed by atoms with van der Waals surface area (Å²) < 4.78 is 0. The minimum absolute atomic E-state index is 0.524. The number of fused-ring (bicyclic) bond motifs is 40. The van der Waals surface area contributed by atoms with Crippen molar-refractivity contribution >= 4 is 163 Å². The SMILES string of the molecule is c1ccc2c(c1)-c1ccccc1C21c2ccccc2-c2cc(-c3ccc(-c4ccc5ccc6ccccc6c5c4)cc3)c(N(c3ccc4c5ccccc5c5ccccc5c4c3)c3cccc4ccccc34)cc21.c1ccc2c(c1)-c1ccccc1C21c2ccccc2-c2cc(-c3ccc(-c4ccc5ccc6ccccc6c5c4)cc3)c(N(c3ccc4ccccc4c3)c3ccc4c5ccccc5c5ccccc5c4c3)cc21. The second kappa shape index (κ2) is 32.7. The third-order valence-electron chi connectivity index (χ3n) is 33.2. The topological polar surface area (TPSA) is 6.48 Å². The first-order valence-electron chi connectivity index (χ1n) is 51.6. The lowest BCUT2D eigenvalue weighted by atomic mass is 9.70. The summed E-state index contributed by atoms with van der Waals surface area (Å²) in [6, 6.07) is 205. The van der Waals surface area contributed by atoms with Crippen molar-refractivity contribution in [1.82, 2.24) is 0 Å². The van der Waals surface area contributed by atoms with Crippen LogP contribution in [-0.4, -0.2) is 0 Å². The van der Waals surface area contributed by atoms with Crippen molar-refractivity contribution in [2.75, 3.05) is 9.80 Å². The largest absolute Gasteiger partial charge is 0.310 e. The molecule has 0 bridgehead atoms. The number of hydrogen-bond donors (Lipinski definition) is 0. The van der Waals surface area contributed by atoms with Crippen LogP contribution in [-0.2, 0) is 10.8 Å². The van der Waals surface area contributed by atoms with Gasteiger partial charge < -0.3 is 9.80 Å². The molecular weight excluding hydrogens is 1780 g/mol. The van der Waals surface area contributed by atoms with Gasteiger partial charge in [-0.15, -0.1) is 0 Å². The third-order valence-corrected chi connectivity index (χ3v) is 33.2. The van der Waals surface area contributed by atoms with E-state index in [2.05, 4.69) is 556 Å². The fraction of sp³-hybridized carbons (Fsp3) is 0.0137. The van der Waals surface area contributed by atoms with Crippen LogP contribution in [0.3, 0.4) is 0 Å². The summed E-state index contributed by atoms with van der Waals surface area (Å²) in [5.41, 5.74) is 36.0. The molecule has 2 heteroatoms. The Morgan fingerprint density at radius 2 is 0.365 bits per heavy atom. The van der Waals surface area contributed by atoms with Crippen molar-refractivity contribution in [3.63, 3.8) is 0 Å². The average Bonchev–Trinajstić information content (AvgIpc) is 1.51. The van der Waals surface area contributed by atoms with Gasteiger partial charge >= 0.3 is 0 Å². The molecule has 0 amide bonds. The molecule has 0 aromatic heterocycles. The quantitative estimate of drug-likeness (QED) is 0.126. The number of rotatable bonds is 10. The summed E-state index contributed by atoms with van der Waals surface area (Å²) in [6.07, 6.45) is 0. The van der Waals surface area contributed by atoms with Crippen LogP contribution in [0, 0.1) is 0 Å². The molecule has 0 radical (unpaired) electrons. The molecule has 32 rings (SSSR count). The fourth-order valence-electron chi connectivity index (χ4n) is 26.8. The highest BCUT2D eigenvalue weighted by Gasteiger charge is 2.54. The summed E-state index contributed by atoms with van der Waals surface area (Å²) in [5, 5.41) is 30.0. The van der Waals surface area contributed by atoms with Gasteiger partial charge in [0.15, 0.2) is 0 Å². The molecule has 0 saturated heterocycles. The summed E-state index contributed by atoms with van der Waals surface area (Å²) in [6.45, 7) is 0. The van der Waals surface area contributed by atoms with Gasteiger partial charge in [-0.3, -0.25) is 0 Å². The summed E-state index contributed by atoms with van der Waals surface area (Å²) >= 11 is 0. The molecule has 148 heavy (non-hydrogen) atoms. The van der Waals surface area contributed by atoms with E-state index in [1.807, 2.05) is 0 Å². The molecule has 2 nitrogen and oxygen atoms in total. The molecule has 2 spiro atoms.